The van der Waals surface area contributed by atoms with Crippen LogP contribution in [-0.2, 0) is 30.4 Å². The van der Waals surface area contributed by atoms with E-state index in [2.05, 4.69) is 10.6 Å². The summed E-state index contributed by atoms with van der Waals surface area (Å²) in [6, 6.07) is 9.58. The molecule has 0 aromatic heterocycles. The molecular formula is C20H19F3N2O3. The Morgan fingerprint density at radius 3 is 2.43 bits per heavy atom. The van der Waals surface area contributed by atoms with Crippen molar-refractivity contribution >= 4 is 17.7 Å². The minimum atomic E-state index is -4.39. The van der Waals surface area contributed by atoms with E-state index in [9.17, 15) is 22.8 Å². The molecule has 0 fully saturated rings. The number of carboxylic acids is 1. The van der Waals surface area contributed by atoms with Gasteiger partial charge in [-0.2, -0.15) is 13.2 Å². The molecule has 8 heteroatoms. The average Bonchev–Trinajstić information content (AvgIpc) is 3.02. The molecule has 1 aliphatic carbocycles. The highest BCUT2D eigenvalue weighted by Gasteiger charge is 2.30. The van der Waals surface area contributed by atoms with Crippen molar-refractivity contribution in [1.29, 1.82) is 0 Å². The zero-order valence-corrected chi connectivity index (χ0v) is 14.8. The molecule has 3 rings (SSSR count). The highest BCUT2D eigenvalue weighted by molar-refractivity contribution is 5.90. The molecule has 0 saturated carbocycles. The first-order valence-corrected chi connectivity index (χ1v) is 8.76. The molecule has 1 atom stereocenters. The second kappa shape index (κ2) is 7.92. The zero-order valence-electron chi connectivity index (χ0n) is 14.8. The predicted octanol–water partition coefficient (Wildman–Crippen LogP) is 4.22. The van der Waals surface area contributed by atoms with Crippen LogP contribution in [0.4, 0.5) is 23.7 Å². The molecule has 0 heterocycles. The van der Waals surface area contributed by atoms with E-state index in [4.69, 9.17) is 5.11 Å². The molecule has 0 spiro atoms. The number of anilines is 1. The monoisotopic (exact) mass is 392 g/mol. The summed E-state index contributed by atoms with van der Waals surface area (Å²) < 4.78 is 37.7. The van der Waals surface area contributed by atoms with Crippen molar-refractivity contribution in [1.82, 2.24) is 5.32 Å². The molecule has 2 aromatic carbocycles. The Morgan fingerprint density at radius 2 is 1.79 bits per heavy atom. The summed E-state index contributed by atoms with van der Waals surface area (Å²) >= 11 is 0. The third-order valence-electron chi connectivity index (χ3n) is 4.72. The fourth-order valence-corrected chi connectivity index (χ4v) is 3.41. The summed E-state index contributed by atoms with van der Waals surface area (Å²) in [7, 11) is 0. The zero-order chi connectivity index (χ0) is 20.3. The fraction of sp³-hybridized carbons (Fsp3) is 0.300. The van der Waals surface area contributed by atoms with Gasteiger partial charge in [0.1, 0.15) is 0 Å². The van der Waals surface area contributed by atoms with Gasteiger partial charge in [-0.3, -0.25) is 4.79 Å². The van der Waals surface area contributed by atoms with Gasteiger partial charge in [0.05, 0.1) is 5.56 Å². The van der Waals surface area contributed by atoms with Crippen molar-refractivity contribution in [3.8, 4) is 0 Å². The minimum absolute atomic E-state index is 0.00524. The third kappa shape index (κ3) is 4.82. The van der Waals surface area contributed by atoms with E-state index in [-0.39, 0.29) is 18.9 Å². The van der Waals surface area contributed by atoms with Gasteiger partial charge in [0.15, 0.2) is 0 Å². The van der Waals surface area contributed by atoms with Gasteiger partial charge in [-0.05, 0) is 53.6 Å². The summed E-state index contributed by atoms with van der Waals surface area (Å²) in [6.45, 7) is 0.0840. The number of rotatable bonds is 5. The summed E-state index contributed by atoms with van der Waals surface area (Å²) in [6.07, 6.45) is -3.08. The van der Waals surface area contributed by atoms with Crippen molar-refractivity contribution in [2.24, 2.45) is 5.92 Å². The second-order valence-corrected chi connectivity index (χ2v) is 6.82. The number of carbonyl (C=O) groups is 2. The normalized spacial score (nSPS) is 15.8. The van der Waals surface area contributed by atoms with Gasteiger partial charge in [-0.15, -0.1) is 0 Å². The molecule has 1 unspecified atom stereocenters. The molecular weight excluding hydrogens is 373 g/mol. The highest BCUT2D eigenvalue weighted by atomic mass is 19.4. The van der Waals surface area contributed by atoms with Crippen LogP contribution in [0, 0.1) is 5.92 Å². The molecule has 0 radical (unpaired) electrons. The molecule has 28 heavy (non-hydrogen) atoms. The van der Waals surface area contributed by atoms with E-state index in [1.165, 1.54) is 12.1 Å². The molecule has 0 bridgehead atoms. The Labute approximate surface area is 159 Å². The number of amides is 2. The first-order chi connectivity index (χ1) is 13.2. The number of aliphatic carboxylic acids is 1. The first-order valence-electron chi connectivity index (χ1n) is 8.76. The van der Waals surface area contributed by atoms with Gasteiger partial charge in [-0.25, -0.2) is 4.79 Å². The van der Waals surface area contributed by atoms with E-state index in [1.807, 2.05) is 6.07 Å². The topological polar surface area (TPSA) is 78.4 Å². The number of fused-ring (bicyclic) bond motifs is 1. The van der Waals surface area contributed by atoms with Crippen LogP contribution in [0.3, 0.4) is 0 Å². The number of hydrogen-bond acceptors (Lipinski definition) is 2. The van der Waals surface area contributed by atoms with Gasteiger partial charge >= 0.3 is 18.2 Å². The van der Waals surface area contributed by atoms with Crippen LogP contribution in [0.25, 0.3) is 0 Å². The Hall–Kier alpha value is -3.03. The lowest BCUT2D eigenvalue weighted by molar-refractivity contribution is -0.138. The van der Waals surface area contributed by atoms with Crippen LogP contribution in [0.15, 0.2) is 42.5 Å². The predicted molar refractivity (Wildman–Crippen MR) is 96.9 cm³/mol. The first kappa shape index (κ1) is 19.7. The lowest BCUT2D eigenvalue weighted by Crippen LogP contribution is -2.28. The molecule has 2 amide bonds. The van der Waals surface area contributed by atoms with Crippen molar-refractivity contribution in [2.45, 2.75) is 32.0 Å². The average molecular weight is 392 g/mol. The fourth-order valence-electron chi connectivity index (χ4n) is 3.41. The number of carboxylic acid groups (broad SMARTS) is 1. The van der Waals surface area contributed by atoms with Crippen LogP contribution in [-0.4, -0.2) is 17.1 Å². The summed E-state index contributed by atoms with van der Waals surface area (Å²) in [5.74, 6) is -0.841. The van der Waals surface area contributed by atoms with Gasteiger partial charge in [0, 0.05) is 18.7 Å². The van der Waals surface area contributed by atoms with Crippen LogP contribution < -0.4 is 10.6 Å². The molecule has 0 aliphatic heterocycles. The largest absolute Gasteiger partial charge is 0.481 e. The number of hydrogen-bond donors (Lipinski definition) is 3. The van der Waals surface area contributed by atoms with Crippen LogP contribution >= 0.6 is 0 Å². The van der Waals surface area contributed by atoms with Gasteiger partial charge < -0.3 is 15.7 Å². The Balaban J connectivity index is 1.58. The van der Waals surface area contributed by atoms with Crippen LogP contribution in [0.2, 0.25) is 0 Å². The molecule has 2 aromatic rings. The van der Waals surface area contributed by atoms with E-state index >= 15 is 0 Å². The number of urea groups is 1. The molecule has 1 aliphatic rings. The van der Waals surface area contributed by atoms with Crippen molar-refractivity contribution in [3.63, 3.8) is 0 Å². The van der Waals surface area contributed by atoms with Gasteiger partial charge in [0.2, 0.25) is 0 Å². The summed E-state index contributed by atoms with van der Waals surface area (Å²) in [5, 5.41) is 14.3. The molecule has 0 saturated heterocycles. The van der Waals surface area contributed by atoms with Crippen molar-refractivity contribution < 1.29 is 27.9 Å². The number of benzene rings is 2. The molecule has 5 nitrogen and oxygen atoms in total. The van der Waals surface area contributed by atoms with E-state index in [1.54, 1.807) is 12.1 Å². The second-order valence-electron chi connectivity index (χ2n) is 6.82. The van der Waals surface area contributed by atoms with E-state index in [0.717, 1.165) is 23.3 Å². The van der Waals surface area contributed by atoms with Crippen LogP contribution in [0.1, 0.15) is 28.7 Å². The standard InChI is InChI=1S/C20H19F3N2O3/c21-20(22,23)15-6-4-12(5-7-15)11-24-19(28)25-17-3-1-2-14-8-13(9-16(14)17)10-18(26)27/h1-7,13H,8-11H2,(H,26,27)(H2,24,25,28). The SMILES string of the molecule is O=C(O)CC1Cc2cccc(NC(=O)NCc3ccc(C(F)(F)F)cc3)c2C1. The number of nitrogens with one attached hydrogen (secondary N) is 2. The van der Waals surface area contributed by atoms with Gasteiger partial charge in [0.25, 0.3) is 0 Å². The minimum Gasteiger partial charge on any atom is -0.481 e. The molecule has 3 N–H and O–H groups in total. The van der Waals surface area contributed by atoms with E-state index < -0.39 is 23.7 Å². The maximum absolute atomic E-state index is 12.6. The Bertz CT molecular complexity index is 879. The van der Waals surface area contributed by atoms with Crippen molar-refractivity contribution in [3.05, 3.63) is 64.7 Å². The quantitative estimate of drug-likeness (QED) is 0.713. The van der Waals surface area contributed by atoms with Crippen molar-refractivity contribution in [2.75, 3.05) is 5.32 Å². The highest BCUT2D eigenvalue weighted by Crippen LogP contribution is 2.34. The lowest BCUT2D eigenvalue weighted by atomic mass is 10.0. The van der Waals surface area contributed by atoms with Gasteiger partial charge in [-0.1, -0.05) is 24.3 Å². The number of alkyl halides is 3. The maximum atomic E-state index is 12.6. The number of halogens is 3. The third-order valence-corrected chi connectivity index (χ3v) is 4.72. The molecule has 148 valence electrons. The van der Waals surface area contributed by atoms with E-state index in [0.29, 0.717) is 24.1 Å². The lowest BCUT2D eigenvalue weighted by Gasteiger charge is -2.12. The summed E-state index contributed by atoms with van der Waals surface area (Å²) in [5.41, 5.74) is 2.37. The summed E-state index contributed by atoms with van der Waals surface area (Å²) in [4.78, 5) is 23.1. The maximum Gasteiger partial charge on any atom is 0.416 e. The number of carbonyl (C=O) groups excluding carboxylic acids is 1. The Kier molecular flexibility index (Phi) is 5.58. The smallest absolute Gasteiger partial charge is 0.416 e. The van der Waals surface area contributed by atoms with Crippen LogP contribution in [0.5, 0.6) is 0 Å². The Morgan fingerprint density at radius 1 is 1.07 bits per heavy atom.